The highest BCUT2D eigenvalue weighted by Crippen LogP contribution is 2.08. The number of thiophene rings is 1. The maximum Gasteiger partial charge on any atom is 0.0791 e. The van der Waals surface area contributed by atoms with Crippen LogP contribution in [0.2, 0.25) is 0 Å². The van der Waals surface area contributed by atoms with Crippen LogP contribution >= 0.6 is 11.3 Å². The van der Waals surface area contributed by atoms with Crippen LogP contribution in [0.4, 0.5) is 0 Å². The van der Waals surface area contributed by atoms with Crippen molar-refractivity contribution >= 4 is 11.3 Å². The van der Waals surface area contributed by atoms with Crippen LogP contribution < -0.4 is 5.32 Å². The lowest BCUT2D eigenvalue weighted by Gasteiger charge is -2.29. The molecule has 5 heteroatoms. The van der Waals surface area contributed by atoms with E-state index in [4.69, 9.17) is 4.74 Å². The first-order valence-electron chi connectivity index (χ1n) is 6.96. The Balaban J connectivity index is 1.61. The number of hydrogen-bond donors (Lipinski definition) is 2. The molecule has 0 saturated carbocycles. The Kier molecular flexibility index (Phi) is 6.26. The van der Waals surface area contributed by atoms with Crippen molar-refractivity contribution in [2.45, 2.75) is 25.5 Å². The number of ether oxygens (including phenoxy) is 1. The molecule has 1 saturated heterocycles. The Bertz CT molecular complexity index is 339. The minimum atomic E-state index is -0.303. The SMILES string of the molecule is CC(Cc1ccsc1)NCC(O)CN1CCOCC1. The minimum Gasteiger partial charge on any atom is -0.390 e. The van der Waals surface area contributed by atoms with Gasteiger partial charge in [-0.2, -0.15) is 11.3 Å². The topological polar surface area (TPSA) is 44.7 Å². The van der Waals surface area contributed by atoms with Crippen molar-refractivity contribution in [3.63, 3.8) is 0 Å². The first kappa shape index (κ1) is 14.9. The van der Waals surface area contributed by atoms with Gasteiger partial charge in [-0.1, -0.05) is 0 Å². The van der Waals surface area contributed by atoms with E-state index >= 15 is 0 Å². The van der Waals surface area contributed by atoms with Gasteiger partial charge in [-0.3, -0.25) is 4.90 Å². The molecule has 2 N–H and O–H groups in total. The molecule has 0 spiro atoms. The van der Waals surface area contributed by atoms with Gasteiger partial charge in [-0.15, -0.1) is 0 Å². The summed E-state index contributed by atoms with van der Waals surface area (Å²) in [6.07, 6.45) is 0.719. The van der Waals surface area contributed by atoms with E-state index < -0.39 is 0 Å². The number of aliphatic hydroxyl groups is 1. The summed E-state index contributed by atoms with van der Waals surface area (Å²) >= 11 is 1.73. The van der Waals surface area contributed by atoms with Crippen molar-refractivity contribution in [2.75, 3.05) is 39.4 Å². The minimum absolute atomic E-state index is 0.303. The summed E-state index contributed by atoms with van der Waals surface area (Å²) in [7, 11) is 0. The van der Waals surface area contributed by atoms with Crippen LogP contribution in [0.3, 0.4) is 0 Å². The lowest BCUT2D eigenvalue weighted by molar-refractivity contribution is 0.0145. The monoisotopic (exact) mass is 284 g/mol. The van der Waals surface area contributed by atoms with Gasteiger partial charge in [0.2, 0.25) is 0 Å². The third kappa shape index (κ3) is 5.58. The number of morpholine rings is 1. The van der Waals surface area contributed by atoms with Gasteiger partial charge in [0, 0.05) is 32.2 Å². The van der Waals surface area contributed by atoms with Gasteiger partial charge < -0.3 is 15.2 Å². The average molecular weight is 284 g/mol. The van der Waals surface area contributed by atoms with Gasteiger partial charge in [0.15, 0.2) is 0 Å². The normalized spacial score (nSPS) is 20.3. The van der Waals surface area contributed by atoms with Crippen LogP contribution in [-0.4, -0.2) is 61.5 Å². The first-order valence-corrected chi connectivity index (χ1v) is 7.91. The van der Waals surface area contributed by atoms with E-state index in [-0.39, 0.29) is 6.10 Å². The summed E-state index contributed by atoms with van der Waals surface area (Å²) < 4.78 is 5.30. The van der Waals surface area contributed by atoms with E-state index in [1.807, 2.05) is 0 Å². The molecule has 108 valence electrons. The van der Waals surface area contributed by atoms with Crippen LogP contribution in [0.15, 0.2) is 16.8 Å². The molecular formula is C14H24N2O2S. The van der Waals surface area contributed by atoms with Crippen molar-refractivity contribution in [3.05, 3.63) is 22.4 Å². The van der Waals surface area contributed by atoms with Crippen LogP contribution in [0, 0.1) is 0 Å². The predicted octanol–water partition coefficient (Wildman–Crippen LogP) is 0.962. The number of hydrogen-bond acceptors (Lipinski definition) is 5. The van der Waals surface area contributed by atoms with Gasteiger partial charge in [-0.25, -0.2) is 0 Å². The molecule has 4 nitrogen and oxygen atoms in total. The summed E-state index contributed by atoms with van der Waals surface area (Å²) in [6.45, 7) is 7.00. The van der Waals surface area contributed by atoms with Crippen molar-refractivity contribution in [1.29, 1.82) is 0 Å². The van der Waals surface area contributed by atoms with Gasteiger partial charge in [0.25, 0.3) is 0 Å². The maximum atomic E-state index is 10.0. The third-order valence-corrected chi connectivity index (χ3v) is 4.13. The molecule has 1 aliphatic rings. The number of β-amino-alcohol motifs (C(OH)–C–C–N with tert-alkyl or cyclic N) is 1. The molecule has 19 heavy (non-hydrogen) atoms. The molecule has 2 atom stereocenters. The van der Waals surface area contributed by atoms with E-state index in [1.165, 1.54) is 5.56 Å². The number of rotatable bonds is 7. The summed E-state index contributed by atoms with van der Waals surface area (Å²) in [6, 6.07) is 2.56. The zero-order valence-electron chi connectivity index (χ0n) is 11.5. The lowest BCUT2D eigenvalue weighted by atomic mass is 10.1. The predicted molar refractivity (Wildman–Crippen MR) is 78.8 cm³/mol. The highest BCUT2D eigenvalue weighted by atomic mass is 32.1. The largest absolute Gasteiger partial charge is 0.390 e. The van der Waals surface area contributed by atoms with Crippen LogP contribution in [0.25, 0.3) is 0 Å². The Morgan fingerprint density at radius 3 is 2.95 bits per heavy atom. The fourth-order valence-electron chi connectivity index (χ4n) is 2.32. The standard InChI is InChI=1S/C14H24N2O2S/c1-12(8-13-2-7-19-11-13)15-9-14(17)10-16-3-5-18-6-4-16/h2,7,11-12,14-15,17H,3-6,8-10H2,1H3. The first-order chi connectivity index (χ1) is 9.24. The second-order valence-electron chi connectivity index (χ2n) is 5.21. The molecule has 2 heterocycles. The molecule has 0 bridgehead atoms. The Morgan fingerprint density at radius 1 is 1.47 bits per heavy atom. The van der Waals surface area contributed by atoms with Crippen molar-refractivity contribution in [2.24, 2.45) is 0 Å². The van der Waals surface area contributed by atoms with Gasteiger partial charge >= 0.3 is 0 Å². The van der Waals surface area contributed by atoms with Crippen molar-refractivity contribution in [3.8, 4) is 0 Å². The molecule has 0 radical (unpaired) electrons. The third-order valence-electron chi connectivity index (χ3n) is 3.40. The molecule has 0 aliphatic carbocycles. The van der Waals surface area contributed by atoms with E-state index in [0.29, 0.717) is 12.6 Å². The van der Waals surface area contributed by atoms with Gasteiger partial charge in [0.05, 0.1) is 19.3 Å². The Morgan fingerprint density at radius 2 is 2.26 bits per heavy atom. The molecule has 2 unspecified atom stereocenters. The van der Waals surface area contributed by atoms with Crippen molar-refractivity contribution < 1.29 is 9.84 Å². The zero-order chi connectivity index (χ0) is 13.5. The van der Waals surface area contributed by atoms with E-state index in [1.54, 1.807) is 11.3 Å². The molecule has 0 amide bonds. The van der Waals surface area contributed by atoms with Gasteiger partial charge in [0.1, 0.15) is 0 Å². The number of nitrogens with zero attached hydrogens (tertiary/aromatic N) is 1. The van der Waals surface area contributed by atoms with Crippen LogP contribution in [0.1, 0.15) is 12.5 Å². The highest BCUT2D eigenvalue weighted by Gasteiger charge is 2.15. The average Bonchev–Trinajstić information content (AvgIpc) is 2.90. The maximum absolute atomic E-state index is 10.0. The summed E-state index contributed by atoms with van der Waals surface area (Å²) in [5.74, 6) is 0. The Hall–Kier alpha value is -0.460. The molecular weight excluding hydrogens is 260 g/mol. The molecule has 2 rings (SSSR count). The van der Waals surface area contributed by atoms with E-state index in [0.717, 1.165) is 39.3 Å². The second-order valence-corrected chi connectivity index (χ2v) is 5.99. The second kappa shape index (κ2) is 7.97. The quantitative estimate of drug-likeness (QED) is 0.783. The lowest BCUT2D eigenvalue weighted by Crippen LogP contribution is -2.45. The summed E-state index contributed by atoms with van der Waals surface area (Å²) in [5.41, 5.74) is 1.37. The van der Waals surface area contributed by atoms with Crippen LogP contribution in [-0.2, 0) is 11.2 Å². The smallest absolute Gasteiger partial charge is 0.0791 e. The molecule has 1 aliphatic heterocycles. The molecule has 1 aromatic heterocycles. The number of aliphatic hydroxyl groups excluding tert-OH is 1. The van der Waals surface area contributed by atoms with Gasteiger partial charge in [-0.05, 0) is 35.7 Å². The zero-order valence-corrected chi connectivity index (χ0v) is 12.4. The summed E-state index contributed by atoms with van der Waals surface area (Å²) in [5, 5.41) is 17.7. The Labute approximate surface area is 119 Å². The van der Waals surface area contributed by atoms with Crippen molar-refractivity contribution in [1.82, 2.24) is 10.2 Å². The highest BCUT2D eigenvalue weighted by molar-refractivity contribution is 7.07. The molecule has 1 aromatic rings. The van der Waals surface area contributed by atoms with Crippen LogP contribution in [0.5, 0.6) is 0 Å². The molecule has 1 fully saturated rings. The molecule has 0 aromatic carbocycles. The van der Waals surface area contributed by atoms with E-state index in [2.05, 4.69) is 34.0 Å². The summed E-state index contributed by atoms with van der Waals surface area (Å²) in [4.78, 5) is 2.26. The van der Waals surface area contributed by atoms with E-state index in [9.17, 15) is 5.11 Å². The fraction of sp³-hybridized carbons (Fsp3) is 0.714. The number of nitrogens with one attached hydrogen (secondary N) is 1. The fourth-order valence-corrected chi connectivity index (χ4v) is 3.00.